The Morgan fingerprint density at radius 2 is 2.35 bits per heavy atom. The van der Waals surface area contributed by atoms with E-state index in [2.05, 4.69) is 17.6 Å². The molecule has 1 aromatic rings. The van der Waals surface area contributed by atoms with Crippen molar-refractivity contribution in [2.75, 3.05) is 25.0 Å². The molecular weight excluding hydrogens is 216 g/mol. The monoisotopic (exact) mass is 234 g/mol. The van der Waals surface area contributed by atoms with Crippen molar-refractivity contribution in [3.63, 3.8) is 0 Å². The lowest BCUT2D eigenvalue weighted by Crippen LogP contribution is -2.45. The molecule has 1 saturated heterocycles. The minimum absolute atomic E-state index is 0.0712. The van der Waals surface area contributed by atoms with Crippen LogP contribution in [0.25, 0.3) is 0 Å². The summed E-state index contributed by atoms with van der Waals surface area (Å²) in [6.07, 6.45) is 0.522. The molecule has 0 saturated carbocycles. The molecule has 1 fully saturated rings. The van der Waals surface area contributed by atoms with Crippen molar-refractivity contribution in [1.29, 1.82) is 0 Å². The second kappa shape index (κ2) is 5.80. The molecule has 0 spiro atoms. The molecule has 2 N–H and O–H groups in total. The third-order valence-corrected chi connectivity index (χ3v) is 2.88. The number of anilines is 1. The summed E-state index contributed by atoms with van der Waals surface area (Å²) in [5.41, 5.74) is 2.03. The molecule has 4 nitrogen and oxygen atoms in total. The molecule has 1 atom stereocenters. The van der Waals surface area contributed by atoms with Gasteiger partial charge in [-0.3, -0.25) is 4.79 Å². The number of aryl methyl sites for hydroxylation is 1. The molecule has 4 heteroatoms. The maximum absolute atomic E-state index is 12.0. The average molecular weight is 234 g/mol. The fourth-order valence-corrected chi connectivity index (χ4v) is 1.90. The SMILES string of the molecule is CCc1ccccc1NC(=O)C1CNCCO1. The largest absolute Gasteiger partial charge is 0.366 e. The molecule has 92 valence electrons. The van der Waals surface area contributed by atoms with Crippen molar-refractivity contribution in [1.82, 2.24) is 5.32 Å². The van der Waals surface area contributed by atoms with E-state index >= 15 is 0 Å². The van der Waals surface area contributed by atoms with Gasteiger partial charge in [0.25, 0.3) is 5.91 Å². The molecular formula is C13H18N2O2. The van der Waals surface area contributed by atoms with Crippen LogP contribution in [-0.2, 0) is 16.0 Å². The molecule has 1 aliphatic heterocycles. The number of hydrogen-bond donors (Lipinski definition) is 2. The lowest BCUT2D eigenvalue weighted by molar-refractivity contribution is -0.128. The first-order valence-corrected chi connectivity index (χ1v) is 6.02. The standard InChI is InChI=1S/C13H18N2O2/c1-2-10-5-3-4-6-11(10)15-13(16)12-9-14-7-8-17-12/h3-6,12,14H,2,7-9H2,1H3,(H,15,16). The highest BCUT2D eigenvalue weighted by atomic mass is 16.5. The van der Waals surface area contributed by atoms with Gasteiger partial charge in [0.2, 0.25) is 0 Å². The molecule has 0 bridgehead atoms. The lowest BCUT2D eigenvalue weighted by atomic mass is 10.1. The van der Waals surface area contributed by atoms with Gasteiger partial charge in [0.1, 0.15) is 6.10 Å². The molecule has 2 rings (SSSR count). The van der Waals surface area contributed by atoms with Crippen LogP contribution in [0.2, 0.25) is 0 Å². The van der Waals surface area contributed by atoms with E-state index in [4.69, 9.17) is 4.74 Å². The van der Waals surface area contributed by atoms with Crippen molar-refractivity contribution < 1.29 is 9.53 Å². The summed E-state index contributed by atoms with van der Waals surface area (Å²) < 4.78 is 5.41. The van der Waals surface area contributed by atoms with E-state index in [9.17, 15) is 4.79 Å². The molecule has 0 radical (unpaired) electrons. The Kier molecular flexibility index (Phi) is 4.12. The van der Waals surface area contributed by atoms with Crippen LogP contribution in [0.4, 0.5) is 5.69 Å². The van der Waals surface area contributed by atoms with E-state index in [1.165, 1.54) is 0 Å². The zero-order valence-corrected chi connectivity index (χ0v) is 10.0. The number of amides is 1. The Morgan fingerprint density at radius 3 is 3.06 bits per heavy atom. The summed E-state index contributed by atoms with van der Waals surface area (Å²) >= 11 is 0. The molecule has 1 aliphatic rings. The quantitative estimate of drug-likeness (QED) is 0.825. The van der Waals surface area contributed by atoms with Gasteiger partial charge < -0.3 is 15.4 Å². The fraction of sp³-hybridized carbons (Fsp3) is 0.462. The Bertz CT molecular complexity index is 387. The normalized spacial score (nSPS) is 19.9. The van der Waals surface area contributed by atoms with Crippen molar-refractivity contribution in [3.8, 4) is 0 Å². The molecule has 0 aliphatic carbocycles. The zero-order valence-electron chi connectivity index (χ0n) is 10.0. The van der Waals surface area contributed by atoms with E-state index in [0.717, 1.165) is 24.2 Å². The van der Waals surface area contributed by atoms with Gasteiger partial charge in [-0.25, -0.2) is 0 Å². The van der Waals surface area contributed by atoms with E-state index in [0.29, 0.717) is 13.2 Å². The molecule has 1 unspecified atom stereocenters. The number of carbonyl (C=O) groups excluding carboxylic acids is 1. The second-order valence-electron chi connectivity index (χ2n) is 4.06. The van der Waals surface area contributed by atoms with Crippen molar-refractivity contribution in [2.45, 2.75) is 19.4 Å². The van der Waals surface area contributed by atoms with Gasteiger partial charge in [-0.1, -0.05) is 25.1 Å². The summed E-state index contributed by atoms with van der Waals surface area (Å²) in [6.45, 7) is 4.06. The van der Waals surface area contributed by atoms with E-state index < -0.39 is 0 Å². The molecule has 1 heterocycles. The lowest BCUT2D eigenvalue weighted by Gasteiger charge is -2.23. The Balaban J connectivity index is 2.01. The molecule has 0 aromatic heterocycles. The highest BCUT2D eigenvalue weighted by molar-refractivity contribution is 5.95. The van der Waals surface area contributed by atoms with Crippen LogP contribution in [0.5, 0.6) is 0 Å². The predicted octanol–water partition coefficient (Wildman–Crippen LogP) is 1.18. The first-order chi connectivity index (χ1) is 8.31. The van der Waals surface area contributed by atoms with E-state index in [-0.39, 0.29) is 12.0 Å². The van der Waals surface area contributed by atoms with E-state index in [1.807, 2.05) is 24.3 Å². The number of hydrogen-bond acceptors (Lipinski definition) is 3. The summed E-state index contributed by atoms with van der Waals surface area (Å²) in [5.74, 6) is -0.0712. The van der Waals surface area contributed by atoms with Crippen LogP contribution in [0.1, 0.15) is 12.5 Å². The number of nitrogens with one attached hydrogen (secondary N) is 2. The van der Waals surface area contributed by atoms with Gasteiger partial charge in [-0.05, 0) is 18.1 Å². The van der Waals surface area contributed by atoms with Gasteiger partial charge in [0.05, 0.1) is 6.61 Å². The van der Waals surface area contributed by atoms with E-state index in [1.54, 1.807) is 0 Å². The van der Waals surface area contributed by atoms with Crippen LogP contribution in [0.15, 0.2) is 24.3 Å². The number of rotatable bonds is 3. The maximum Gasteiger partial charge on any atom is 0.254 e. The zero-order chi connectivity index (χ0) is 12.1. The third kappa shape index (κ3) is 3.05. The van der Waals surface area contributed by atoms with Gasteiger partial charge >= 0.3 is 0 Å². The van der Waals surface area contributed by atoms with Gasteiger partial charge in [-0.15, -0.1) is 0 Å². The smallest absolute Gasteiger partial charge is 0.254 e. The Labute approximate surface area is 101 Å². The van der Waals surface area contributed by atoms with Gasteiger partial charge in [0.15, 0.2) is 0 Å². The minimum atomic E-state index is -0.381. The molecule has 1 amide bonds. The fourth-order valence-electron chi connectivity index (χ4n) is 1.90. The number of ether oxygens (including phenoxy) is 1. The van der Waals surface area contributed by atoms with Crippen molar-refractivity contribution in [2.24, 2.45) is 0 Å². The summed E-state index contributed by atoms with van der Waals surface area (Å²) in [5, 5.41) is 6.07. The van der Waals surface area contributed by atoms with Gasteiger partial charge in [0, 0.05) is 18.8 Å². The van der Waals surface area contributed by atoms with Crippen LogP contribution >= 0.6 is 0 Å². The number of morpholine rings is 1. The van der Waals surface area contributed by atoms with Gasteiger partial charge in [-0.2, -0.15) is 0 Å². The first-order valence-electron chi connectivity index (χ1n) is 6.02. The highest BCUT2D eigenvalue weighted by Gasteiger charge is 2.22. The summed E-state index contributed by atoms with van der Waals surface area (Å²) in [7, 11) is 0. The predicted molar refractivity (Wildman–Crippen MR) is 67.1 cm³/mol. The molecule has 17 heavy (non-hydrogen) atoms. The summed E-state index contributed by atoms with van der Waals surface area (Å²) in [6, 6.07) is 7.85. The first kappa shape index (κ1) is 12.1. The van der Waals surface area contributed by atoms with Crippen molar-refractivity contribution >= 4 is 11.6 Å². The number of benzene rings is 1. The topological polar surface area (TPSA) is 50.4 Å². The third-order valence-electron chi connectivity index (χ3n) is 2.88. The van der Waals surface area contributed by atoms with Crippen molar-refractivity contribution in [3.05, 3.63) is 29.8 Å². The van der Waals surface area contributed by atoms with Crippen LogP contribution in [-0.4, -0.2) is 31.7 Å². The Morgan fingerprint density at radius 1 is 1.53 bits per heavy atom. The van der Waals surface area contributed by atoms with Crippen LogP contribution in [0, 0.1) is 0 Å². The van der Waals surface area contributed by atoms with Crippen LogP contribution < -0.4 is 10.6 Å². The summed E-state index contributed by atoms with van der Waals surface area (Å²) in [4.78, 5) is 12.0. The van der Waals surface area contributed by atoms with Crippen LogP contribution in [0.3, 0.4) is 0 Å². The maximum atomic E-state index is 12.0. The Hall–Kier alpha value is -1.39. The highest BCUT2D eigenvalue weighted by Crippen LogP contribution is 2.16. The second-order valence-corrected chi connectivity index (χ2v) is 4.06. The minimum Gasteiger partial charge on any atom is -0.366 e. The molecule has 1 aromatic carbocycles. The number of para-hydroxylation sites is 1. The number of carbonyl (C=O) groups is 1. The average Bonchev–Trinajstić information content (AvgIpc) is 2.40.